The van der Waals surface area contributed by atoms with E-state index in [2.05, 4.69) is 21.2 Å². The highest BCUT2D eigenvalue weighted by atomic mass is 79.9. The molecular weight excluding hydrogens is 548 g/mol. The molecule has 1 aliphatic heterocycles. The maximum absolute atomic E-state index is 12.7. The minimum Gasteiger partial charge on any atom is -0.457 e. The highest BCUT2D eigenvalue weighted by Gasteiger charge is 2.36. The first-order valence-corrected chi connectivity index (χ1v) is 13.0. The summed E-state index contributed by atoms with van der Waals surface area (Å²) < 4.78 is 12.2. The Morgan fingerprint density at radius 1 is 1.00 bits per heavy atom. The van der Waals surface area contributed by atoms with E-state index in [1.807, 2.05) is 61.5 Å². The van der Waals surface area contributed by atoms with Gasteiger partial charge in [-0.05, 0) is 66.4 Å². The van der Waals surface area contributed by atoms with Gasteiger partial charge < -0.3 is 19.7 Å². The number of anilines is 2. The van der Waals surface area contributed by atoms with E-state index in [0.29, 0.717) is 17.1 Å². The molecule has 7 nitrogen and oxygen atoms in total. The summed E-state index contributed by atoms with van der Waals surface area (Å²) >= 11 is 3.38. The predicted octanol–water partition coefficient (Wildman–Crippen LogP) is 6.24. The molecule has 1 N–H and O–H groups in total. The predicted molar refractivity (Wildman–Crippen MR) is 149 cm³/mol. The van der Waals surface area contributed by atoms with Crippen LogP contribution in [0.1, 0.15) is 12.0 Å². The van der Waals surface area contributed by atoms with Gasteiger partial charge in [-0.25, -0.2) is 0 Å². The van der Waals surface area contributed by atoms with Gasteiger partial charge in [-0.15, -0.1) is 0 Å². The van der Waals surface area contributed by atoms with Crippen molar-refractivity contribution in [3.8, 4) is 11.5 Å². The molecule has 0 aliphatic carbocycles. The molecule has 0 radical (unpaired) electrons. The third kappa shape index (κ3) is 5.70. The first-order valence-electron chi connectivity index (χ1n) is 12.2. The Bertz CT molecular complexity index is 1510. The second kappa shape index (κ2) is 11.1. The van der Waals surface area contributed by atoms with Gasteiger partial charge >= 0.3 is 5.97 Å². The van der Waals surface area contributed by atoms with Crippen molar-refractivity contribution in [3.05, 3.63) is 95.0 Å². The first-order chi connectivity index (χ1) is 18.4. The number of ether oxygens (including phenoxy) is 2. The van der Waals surface area contributed by atoms with Gasteiger partial charge in [-0.1, -0.05) is 52.3 Å². The zero-order chi connectivity index (χ0) is 26.6. The van der Waals surface area contributed by atoms with Gasteiger partial charge in [0.05, 0.1) is 5.92 Å². The van der Waals surface area contributed by atoms with Crippen molar-refractivity contribution in [2.75, 3.05) is 23.4 Å². The van der Waals surface area contributed by atoms with Crippen LogP contribution in [0.4, 0.5) is 11.4 Å². The molecule has 1 fully saturated rings. The maximum atomic E-state index is 12.7. The smallest absolute Gasteiger partial charge is 0.311 e. The zero-order valence-corrected chi connectivity index (χ0v) is 22.2. The molecule has 1 saturated heterocycles. The van der Waals surface area contributed by atoms with Gasteiger partial charge in [0.25, 0.3) is 5.91 Å². The highest BCUT2D eigenvalue weighted by Crippen LogP contribution is 2.32. The summed E-state index contributed by atoms with van der Waals surface area (Å²) in [6.45, 7) is 1.64. The van der Waals surface area contributed by atoms with Gasteiger partial charge in [0, 0.05) is 34.2 Å². The fraction of sp³-hybridized carbons (Fsp3) is 0.167. The fourth-order valence-corrected chi connectivity index (χ4v) is 4.90. The molecule has 0 bridgehead atoms. The summed E-state index contributed by atoms with van der Waals surface area (Å²) in [7, 11) is 0. The maximum Gasteiger partial charge on any atom is 0.311 e. The molecule has 38 heavy (non-hydrogen) atoms. The van der Waals surface area contributed by atoms with Crippen LogP contribution >= 0.6 is 15.9 Å². The number of carbonyl (C=O) groups excluding carboxylic acids is 3. The second-order valence-electron chi connectivity index (χ2n) is 9.09. The summed E-state index contributed by atoms with van der Waals surface area (Å²) in [6, 6.07) is 26.5. The van der Waals surface area contributed by atoms with Gasteiger partial charge in [0.2, 0.25) is 5.91 Å². The third-order valence-corrected chi connectivity index (χ3v) is 6.89. The molecule has 1 heterocycles. The monoisotopic (exact) mass is 572 g/mol. The number of aryl methyl sites for hydroxylation is 1. The lowest BCUT2D eigenvalue weighted by molar-refractivity contribution is -0.151. The largest absolute Gasteiger partial charge is 0.457 e. The van der Waals surface area contributed by atoms with Crippen molar-refractivity contribution >= 4 is 55.9 Å². The molecular formula is C30H25BrN2O5. The number of amides is 2. The van der Waals surface area contributed by atoms with Crippen LogP contribution in [0.5, 0.6) is 11.5 Å². The lowest BCUT2D eigenvalue weighted by atomic mass is 10.1. The van der Waals surface area contributed by atoms with E-state index in [-0.39, 0.29) is 18.9 Å². The Morgan fingerprint density at radius 3 is 2.55 bits per heavy atom. The van der Waals surface area contributed by atoms with Crippen molar-refractivity contribution in [3.63, 3.8) is 0 Å². The standard InChI is InChI=1S/C30H25BrN2O5/c1-19-15-22(31)9-14-26(19)32-28(34)18-37-30(36)21-16-29(35)33(17-21)23-10-12-24(13-11-23)38-27-8-4-6-20-5-2-3-7-25(20)27/h2-15,21H,16-18H2,1H3,(H,32,34)/t21-/m0/s1. The Hall–Kier alpha value is -4.17. The number of fused-ring (bicyclic) bond motifs is 1. The molecule has 8 heteroatoms. The van der Waals surface area contributed by atoms with Crippen LogP contribution < -0.4 is 15.0 Å². The quantitative estimate of drug-likeness (QED) is 0.265. The van der Waals surface area contributed by atoms with Gasteiger partial charge in [0.15, 0.2) is 6.61 Å². The summed E-state index contributed by atoms with van der Waals surface area (Å²) in [4.78, 5) is 39.1. The minimum atomic E-state index is -0.642. The van der Waals surface area contributed by atoms with E-state index in [0.717, 1.165) is 26.6 Å². The fourth-order valence-electron chi connectivity index (χ4n) is 4.43. The van der Waals surface area contributed by atoms with Crippen molar-refractivity contribution in [2.24, 2.45) is 5.92 Å². The summed E-state index contributed by atoms with van der Waals surface area (Å²) in [5.74, 6) is -0.443. The molecule has 1 aliphatic rings. The number of halogens is 1. The molecule has 2 amide bonds. The zero-order valence-electron chi connectivity index (χ0n) is 20.6. The van der Waals surface area contributed by atoms with Crippen molar-refractivity contribution in [1.82, 2.24) is 0 Å². The lowest BCUT2D eigenvalue weighted by Gasteiger charge is -2.17. The molecule has 192 valence electrons. The van der Waals surface area contributed by atoms with Crippen LogP contribution in [-0.4, -0.2) is 30.9 Å². The number of hydrogen-bond donors (Lipinski definition) is 1. The van der Waals surface area contributed by atoms with Crippen LogP contribution in [0, 0.1) is 12.8 Å². The van der Waals surface area contributed by atoms with E-state index >= 15 is 0 Å². The number of nitrogens with zero attached hydrogens (tertiary/aromatic N) is 1. The van der Waals surface area contributed by atoms with Crippen molar-refractivity contribution in [2.45, 2.75) is 13.3 Å². The Kier molecular flexibility index (Phi) is 7.42. The Balaban J connectivity index is 1.16. The number of carbonyl (C=O) groups is 3. The Morgan fingerprint density at radius 2 is 1.76 bits per heavy atom. The van der Waals surface area contributed by atoms with Crippen LogP contribution in [0.2, 0.25) is 0 Å². The topological polar surface area (TPSA) is 84.9 Å². The van der Waals surface area contributed by atoms with Crippen LogP contribution in [0.3, 0.4) is 0 Å². The highest BCUT2D eigenvalue weighted by molar-refractivity contribution is 9.10. The van der Waals surface area contributed by atoms with E-state index < -0.39 is 24.4 Å². The molecule has 0 spiro atoms. The summed E-state index contributed by atoms with van der Waals surface area (Å²) in [6.07, 6.45) is 0.0283. The van der Waals surface area contributed by atoms with Crippen LogP contribution in [0.25, 0.3) is 10.8 Å². The molecule has 0 saturated carbocycles. The number of esters is 1. The lowest BCUT2D eigenvalue weighted by Crippen LogP contribution is -2.28. The van der Waals surface area contributed by atoms with Crippen LogP contribution in [0.15, 0.2) is 89.4 Å². The number of rotatable bonds is 7. The second-order valence-corrected chi connectivity index (χ2v) is 10.0. The summed E-state index contributed by atoms with van der Waals surface area (Å²) in [5, 5.41) is 4.83. The number of nitrogens with one attached hydrogen (secondary N) is 1. The molecule has 4 aromatic carbocycles. The van der Waals surface area contributed by atoms with Gasteiger partial charge in [0.1, 0.15) is 11.5 Å². The summed E-state index contributed by atoms with van der Waals surface area (Å²) in [5.41, 5.74) is 2.19. The molecule has 0 unspecified atom stereocenters. The average molecular weight is 573 g/mol. The Labute approximate surface area is 228 Å². The van der Waals surface area contributed by atoms with Gasteiger partial charge in [-0.2, -0.15) is 0 Å². The number of benzene rings is 4. The molecule has 4 aromatic rings. The molecule has 0 aromatic heterocycles. The van der Waals surface area contributed by atoms with Crippen molar-refractivity contribution in [1.29, 1.82) is 0 Å². The third-order valence-electron chi connectivity index (χ3n) is 6.39. The van der Waals surface area contributed by atoms with E-state index in [9.17, 15) is 14.4 Å². The minimum absolute atomic E-state index is 0.0283. The average Bonchev–Trinajstić information content (AvgIpc) is 3.31. The normalized spacial score (nSPS) is 14.9. The SMILES string of the molecule is Cc1cc(Br)ccc1NC(=O)COC(=O)[C@H]1CC(=O)N(c2ccc(Oc3cccc4ccccc34)cc2)C1. The molecule has 1 atom stereocenters. The number of hydrogen-bond acceptors (Lipinski definition) is 5. The van der Waals surface area contributed by atoms with E-state index in [1.54, 1.807) is 35.2 Å². The van der Waals surface area contributed by atoms with Gasteiger partial charge in [-0.3, -0.25) is 14.4 Å². The van der Waals surface area contributed by atoms with E-state index in [1.165, 1.54) is 0 Å². The molecule has 5 rings (SSSR count). The van der Waals surface area contributed by atoms with Crippen molar-refractivity contribution < 1.29 is 23.9 Å². The van der Waals surface area contributed by atoms with E-state index in [4.69, 9.17) is 9.47 Å². The van der Waals surface area contributed by atoms with Crippen LogP contribution in [-0.2, 0) is 19.1 Å². The first kappa shape index (κ1) is 25.5.